The Bertz CT molecular complexity index is 633. The number of carbonyl (C=O) groups excluding carboxylic acids is 1. The second-order valence-corrected chi connectivity index (χ2v) is 5.77. The van der Waals surface area contributed by atoms with Crippen molar-refractivity contribution in [3.8, 4) is 0 Å². The van der Waals surface area contributed by atoms with E-state index in [2.05, 4.69) is 15.9 Å². The van der Waals surface area contributed by atoms with Gasteiger partial charge < -0.3 is 9.47 Å². The maximum absolute atomic E-state index is 13.1. The van der Waals surface area contributed by atoms with Crippen LogP contribution in [0.25, 0.3) is 5.76 Å². The van der Waals surface area contributed by atoms with Crippen molar-refractivity contribution in [3.05, 3.63) is 52.2 Å². The summed E-state index contributed by atoms with van der Waals surface area (Å²) >= 11 is 3.26. The summed E-state index contributed by atoms with van der Waals surface area (Å²) in [6.07, 6.45) is -2.85. The maximum Gasteiger partial charge on any atom is 0.395 e. The quantitative estimate of drug-likeness (QED) is 0.547. The lowest BCUT2D eigenvalue weighted by atomic mass is 9.97. The molecule has 3 nitrogen and oxygen atoms in total. The highest BCUT2D eigenvalue weighted by Gasteiger charge is 2.41. The number of ether oxygens (including phenoxy) is 2. The lowest BCUT2D eigenvalue weighted by molar-refractivity contribution is -0.163. The molecule has 0 amide bonds. The van der Waals surface area contributed by atoms with E-state index in [9.17, 15) is 18.0 Å². The van der Waals surface area contributed by atoms with Crippen LogP contribution in [0, 0.1) is 5.92 Å². The molecule has 1 aromatic carbocycles. The number of benzene rings is 1. The molecule has 124 valence electrons. The summed E-state index contributed by atoms with van der Waals surface area (Å²) in [4.78, 5) is 11.5. The van der Waals surface area contributed by atoms with Gasteiger partial charge in [-0.2, -0.15) is 13.2 Å². The minimum atomic E-state index is -4.42. The summed E-state index contributed by atoms with van der Waals surface area (Å²) in [5, 5.41) is 0. The third kappa shape index (κ3) is 4.86. The number of hydrogen-bond donors (Lipinski definition) is 0. The molecule has 1 aromatic rings. The van der Waals surface area contributed by atoms with Gasteiger partial charge in [0.25, 0.3) is 0 Å². The van der Waals surface area contributed by atoms with E-state index in [0.29, 0.717) is 5.56 Å². The first-order valence-electron chi connectivity index (χ1n) is 6.89. The first kappa shape index (κ1) is 17.6. The Morgan fingerprint density at radius 1 is 1.39 bits per heavy atom. The van der Waals surface area contributed by atoms with Gasteiger partial charge in [-0.1, -0.05) is 28.1 Å². The van der Waals surface area contributed by atoms with Crippen LogP contribution in [-0.4, -0.2) is 18.8 Å². The van der Waals surface area contributed by atoms with Crippen molar-refractivity contribution >= 4 is 27.7 Å². The summed E-state index contributed by atoms with van der Waals surface area (Å²) in [6.45, 7) is 1.75. The van der Waals surface area contributed by atoms with Gasteiger partial charge in [0.1, 0.15) is 11.5 Å². The number of allylic oxidation sites excluding steroid dienone is 2. The molecule has 0 spiro atoms. The highest BCUT2D eigenvalue weighted by Crippen LogP contribution is 2.39. The molecule has 0 aliphatic carbocycles. The fraction of sp³-hybridized carbons (Fsp3) is 0.312. The Labute approximate surface area is 139 Å². The third-order valence-corrected chi connectivity index (χ3v) is 3.66. The number of hydrogen-bond acceptors (Lipinski definition) is 3. The monoisotopic (exact) mass is 390 g/mol. The number of rotatable bonds is 3. The molecule has 23 heavy (non-hydrogen) atoms. The van der Waals surface area contributed by atoms with Gasteiger partial charge in [-0.3, -0.25) is 0 Å². The SMILES string of the molecule is CCOC(=O)/C=C1/C[C@H](C(F)(F)F)C=C(c2ccc(Br)cc2)O1. The van der Waals surface area contributed by atoms with Crippen LogP contribution in [0.15, 0.2) is 46.6 Å². The van der Waals surface area contributed by atoms with Crippen LogP contribution in [0.4, 0.5) is 13.2 Å². The van der Waals surface area contributed by atoms with E-state index >= 15 is 0 Å². The smallest absolute Gasteiger partial charge is 0.395 e. The van der Waals surface area contributed by atoms with E-state index in [1.807, 2.05) is 0 Å². The van der Waals surface area contributed by atoms with Crippen LogP contribution in [-0.2, 0) is 14.3 Å². The fourth-order valence-corrected chi connectivity index (χ4v) is 2.32. The largest absolute Gasteiger partial charge is 0.463 e. The van der Waals surface area contributed by atoms with Crippen LogP contribution < -0.4 is 0 Å². The third-order valence-electron chi connectivity index (χ3n) is 3.13. The zero-order chi connectivity index (χ0) is 17.0. The first-order valence-corrected chi connectivity index (χ1v) is 7.68. The van der Waals surface area contributed by atoms with Gasteiger partial charge in [0.05, 0.1) is 18.6 Å². The Morgan fingerprint density at radius 2 is 2.04 bits per heavy atom. The van der Waals surface area contributed by atoms with Crippen LogP contribution in [0.3, 0.4) is 0 Å². The lowest BCUT2D eigenvalue weighted by Gasteiger charge is -2.26. The minimum Gasteiger partial charge on any atom is -0.463 e. The van der Waals surface area contributed by atoms with Gasteiger partial charge in [0.15, 0.2) is 0 Å². The Balaban J connectivity index is 2.34. The summed E-state index contributed by atoms with van der Waals surface area (Å²) in [5.74, 6) is -2.43. The van der Waals surface area contributed by atoms with Crippen molar-refractivity contribution in [3.63, 3.8) is 0 Å². The van der Waals surface area contributed by atoms with Gasteiger partial charge in [-0.15, -0.1) is 0 Å². The highest BCUT2D eigenvalue weighted by atomic mass is 79.9. The summed E-state index contributed by atoms with van der Waals surface area (Å²) < 4.78 is 50.3. The predicted octanol–water partition coefficient (Wildman–Crippen LogP) is 4.84. The minimum absolute atomic E-state index is 0.0637. The van der Waals surface area contributed by atoms with Gasteiger partial charge in [-0.05, 0) is 25.1 Å². The van der Waals surface area contributed by atoms with Gasteiger partial charge >= 0.3 is 12.1 Å². The van der Waals surface area contributed by atoms with Gasteiger partial charge in [0, 0.05) is 16.5 Å². The fourth-order valence-electron chi connectivity index (χ4n) is 2.06. The van der Waals surface area contributed by atoms with Gasteiger partial charge in [0.2, 0.25) is 0 Å². The molecule has 0 aromatic heterocycles. The molecule has 0 unspecified atom stereocenters. The molecule has 1 atom stereocenters. The van der Waals surface area contributed by atoms with Crippen molar-refractivity contribution in [2.24, 2.45) is 5.92 Å². The summed E-state index contributed by atoms with van der Waals surface area (Å²) in [7, 11) is 0. The Hall–Kier alpha value is -1.76. The second kappa shape index (κ2) is 7.21. The molecule has 0 saturated carbocycles. The maximum atomic E-state index is 13.1. The molecule has 0 saturated heterocycles. The molecule has 1 aliphatic rings. The van der Waals surface area contributed by atoms with Crippen LogP contribution in [0.2, 0.25) is 0 Å². The van der Waals surface area contributed by atoms with Crippen LogP contribution in [0.1, 0.15) is 18.9 Å². The Kier molecular flexibility index (Phi) is 5.51. The first-order chi connectivity index (χ1) is 10.8. The molecule has 0 radical (unpaired) electrons. The average Bonchev–Trinajstić information content (AvgIpc) is 2.47. The van der Waals surface area contributed by atoms with E-state index in [1.54, 1.807) is 31.2 Å². The van der Waals surface area contributed by atoms with E-state index in [-0.39, 0.29) is 18.1 Å². The number of halogens is 4. The molecule has 1 aliphatic heterocycles. The molecule has 2 rings (SSSR count). The summed E-state index contributed by atoms with van der Waals surface area (Å²) in [5.41, 5.74) is 0.497. The molecule has 7 heteroatoms. The summed E-state index contributed by atoms with van der Waals surface area (Å²) in [6, 6.07) is 6.67. The zero-order valence-corrected chi connectivity index (χ0v) is 13.8. The molecule has 1 heterocycles. The standard InChI is InChI=1S/C16H14BrF3O3/c1-2-22-15(21)9-13-7-11(16(18,19)20)8-14(23-13)10-3-5-12(17)6-4-10/h3-6,8-9,11H,2,7H2,1H3/b13-9-/t11-/m0/s1. The molecule has 0 fully saturated rings. The van der Waals surface area contributed by atoms with Crippen molar-refractivity contribution < 1.29 is 27.4 Å². The van der Waals surface area contributed by atoms with Crippen molar-refractivity contribution in [2.75, 3.05) is 6.61 Å². The van der Waals surface area contributed by atoms with Crippen molar-refractivity contribution in [1.82, 2.24) is 0 Å². The van der Waals surface area contributed by atoms with E-state index in [4.69, 9.17) is 9.47 Å². The molecular weight excluding hydrogens is 377 g/mol. The van der Waals surface area contributed by atoms with E-state index < -0.39 is 24.5 Å². The van der Waals surface area contributed by atoms with E-state index in [1.165, 1.54) is 0 Å². The molecule has 0 bridgehead atoms. The van der Waals surface area contributed by atoms with Crippen molar-refractivity contribution in [1.29, 1.82) is 0 Å². The number of carbonyl (C=O) groups is 1. The number of esters is 1. The van der Waals surface area contributed by atoms with Crippen LogP contribution >= 0.6 is 15.9 Å². The molecule has 0 N–H and O–H groups in total. The average molecular weight is 391 g/mol. The van der Waals surface area contributed by atoms with Crippen molar-refractivity contribution in [2.45, 2.75) is 19.5 Å². The topological polar surface area (TPSA) is 35.5 Å². The Morgan fingerprint density at radius 3 is 2.61 bits per heavy atom. The zero-order valence-electron chi connectivity index (χ0n) is 12.2. The van der Waals surface area contributed by atoms with Crippen LogP contribution in [0.5, 0.6) is 0 Å². The molecular formula is C16H14BrF3O3. The highest BCUT2D eigenvalue weighted by molar-refractivity contribution is 9.10. The lowest BCUT2D eigenvalue weighted by Crippen LogP contribution is -2.25. The second-order valence-electron chi connectivity index (χ2n) is 4.85. The van der Waals surface area contributed by atoms with E-state index in [0.717, 1.165) is 16.6 Å². The number of alkyl halides is 3. The normalized spacial score (nSPS) is 20.0. The van der Waals surface area contributed by atoms with Gasteiger partial charge in [-0.25, -0.2) is 4.79 Å². The predicted molar refractivity (Wildman–Crippen MR) is 82.1 cm³/mol.